The number of nitrogens with one attached hydrogen (secondary N) is 1. The average Bonchev–Trinajstić information content (AvgIpc) is 3.30. The van der Waals surface area contributed by atoms with Crippen molar-refractivity contribution in [2.45, 2.75) is 72.6 Å². The third-order valence-electron chi connectivity index (χ3n) is 6.90. The Balaban J connectivity index is 1.80. The molecule has 0 radical (unpaired) electrons. The van der Waals surface area contributed by atoms with Gasteiger partial charge >= 0.3 is 0 Å². The number of tetrazole rings is 1. The summed E-state index contributed by atoms with van der Waals surface area (Å²) < 4.78 is 1.96. The van der Waals surface area contributed by atoms with E-state index in [-0.39, 0.29) is 23.1 Å². The van der Waals surface area contributed by atoms with E-state index in [1.165, 1.54) is 5.56 Å². The molecule has 0 fully saturated rings. The summed E-state index contributed by atoms with van der Waals surface area (Å²) in [6.07, 6.45) is 0.901. The maximum Gasteiger partial charge on any atom is 0.252 e. The Morgan fingerprint density at radius 2 is 1.80 bits per heavy atom. The molecule has 4 rings (SSSR count). The first-order valence-electron chi connectivity index (χ1n) is 12.4. The molecule has 0 aliphatic carbocycles. The molecule has 2 aromatic carbocycles. The molecule has 184 valence electrons. The maximum absolute atomic E-state index is 13.2. The topological polar surface area (TPSA) is 79.7 Å². The largest absolute Gasteiger partial charge is 0.322 e. The zero-order valence-corrected chi connectivity index (χ0v) is 21.6. The summed E-state index contributed by atoms with van der Waals surface area (Å²) in [4.78, 5) is 18.6. The quantitative estimate of drug-likeness (QED) is 0.354. The lowest BCUT2D eigenvalue weighted by Gasteiger charge is -2.35. The van der Waals surface area contributed by atoms with Crippen molar-refractivity contribution in [3.8, 4) is 0 Å². The van der Waals surface area contributed by atoms with Crippen molar-refractivity contribution in [2.75, 3.05) is 0 Å². The standard InChI is InChI=1S/C28H36N6O/c1-7-28(5,6)34-26(30-31-32-34)25(19(2)3)33(17-21-11-9-8-10-12-21)18-23-16-22-14-13-20(4)15-24(22)29-27(23)35/h8-16,19,25H,7,17-18H2,1-6H3,(H,29,35)/t25-/m1/s1. The predicted molar refractivity (Wildman–Crippen MR) is 140 cm³/mol. The van der Waals surface area contributed by atoms with Gasteiger partial charge in [-0.05, 0) is 72.2 Å². The predicted octanol–water partition coefficient (Wildman–Crippen LogP) is 5.37. The number of fused-ring (bicyclic) bond motifs is 1. The van der Waals surface area contributed by atoms with E-state index in [0.29, 0.717) is 13.1 Å². The van der Waals surface area contributed by atoms with Crippen LogP contribution in [0.4, 0.5) is 0 Å². The molecule has 2 heterocycles. The van der Waals surface area contributed by atoms with Crippen molar-refractivity contribution < 1.29 is 0 Å². The number of nitrogens with zero attached hydrogens (tertiary/aromatic N) is 5. The molecule has 4 aromatic rings. The lowest BCUT2D eigenvalue weighted by molar-refractivity contribution is 0.118. The van der Waals surface area contributed by atoms with Crippen molar-refractivity contribution in [3.63, 3.8) is 0 Å². The van der Waals surface area contributed by atoms with Crippen molar-refractivity contribution >= 4 is 10.9 Å². The summed E-state index contributed by atoms with van der Waals surface area (Å²) in [7, 11) is 0. The molecule has 0 amide bonds. The number of benzene rings is 2. The van der Waals surface area contributed by atoms with Gasteiger partial charge in [0.05, 0.1) is 11.6 Å². The summed E-state index contributed by atoms with van der Waals surface area (Å²) in [6.45, 7) is 14.0. The highest BCUT2D eigenvalue weighted by Gasteiger charge is 2.33. The van der Waals surface area contributed by atoms with E-state index in [9.17, 15) is 4.79 Å². The van der Waals surface area contributed by atoms with Crippen LogP contribution in [0.25, 0.3) is 10.9 Å². The summed E-state index contributed by atoms with van der Waals surface area (Å²) in [5.41, 5.74) is 3.62. The first-order chi connectivity index (χ1) is 16.7. The van der Waals surface area contributed by atoms with Gasteiger partial charge in [-0.1, -0.05) is 63.2 Å². The molecule has 7 heteroatoms. The van der Waals surface area contributed by atoms with Gasteiger partial charge in [-0.3, -0.25) is 9.69 Å². The molecule has 0 aliphatic heterocycles. The Kier molecular flexibility index (Phi) is 7.17. The highest BCUT2D eigenvalue weighted by Crippen LogP contribution is 2.33. The van der Waals surface area contributed by atoms with Gasteiger partial charge in [0.15, 0.2) is 5.82 Å². The van der Waals surface area contributed by atoms with E-state index in [1.807, 2.05) is 41.9 Å². The van der Waals surface area contributed by atoms with Gasteiger partial charge < -0.3 is 4.98 Å². The molecule has 0 aliphatic rings. The minimum atomic E-state index is -0.220. The summed E-state index contributed by atoms with van der Waals surface area (Å²) in [6, 6.07) is 18.5. The third-order valence-corrected chi connectivity index (χ3v) is 6.90. The van der Waals surface area contributed by atoms with E-state index < -0.39 is 0 Å². The minimum absolute atomic E-state index is 0.0582. The van der Waals surface area contributed by atoms with Gasteiger partial charge in [0, 0.05) is 24.2 Å². The SMILES string of the molecule is CCC(C)(C)n1nnnc1[C@@H](C(C)C)N(Cc1ccccc1)Cc1cc2ccc(C)cc2[nH]c1=O. The minimum Gasteiger partial charge on any atom is -0.322 e. The second-order valence-electron chi connectivity index (χ2n) is 10.4. The van der Waals surface area contributed by atoms with Gasteiger partial charge in [0.1, 0.15) is 0 Å². The Hall–Kier alpha value is -3.32. The van der Waals surface area contributed by atoms with Crippen LogP contribution < -0.4 is 5.56 Å². The second-order valence-corrected chi connectivity index (χ2v) is 10.4. The van der Waals surface area contributed by atoms with Crippen LogP contribution in [0.3, 0.4) is 0 Å². The summed E-state index contributed by atoms with van der Waals surface area (Å²) in [5.74, 6) is 1.05. The molecule has 0 unspecified atom stereocenters. The Morgan fingerprint density at radius 3 is 2.49 bits per heavy atom. The fourth-order valence-corrected chi connectivity index (χ4v) is 4.61. The fourth-order valence-electron chi connectivity index (χ4n) is 4.61. The number of hydrogen-bond acceptors (Lipinski definition) is 5. The zero-order valence-electron chi connectivity index (χ0n) is 21.6. The van der Waals surface area contributed by atoms with E-state index in [0.717, 1.165) is 34.3 Å². The average molecular weight is 473 g/mol. The molecule has 35 heavy (non-hydrogen) atoms. The van der Waals surface area contributed by atoms with Crippen molar-refractivity contribution in [1.29, 1.82) is 0 Å². The monoisotopic (exact) mass is 472 g/mol. The van der Waals surface area contributed by atoms with Gasteiger partial charge in [0.2, 0.25) is 0 Å². The molecule has 1 atom stereocenters. The molecule has 0 spiro atoms. The van der Waals surface area contributed by atoms with Crippen LogP contribution >= 0.6 is 0 Å². The summed E-state index contributed by atoms with van der Waals surface area (Å²) in [5, 5.41) is 14.0. The highest BCUT2D eigenvalue weighted by molar-refractivity contribution is 5.79. The highest BCUT2D eigenvalue weighted by atomic mass is 16.1. The molecule has 1 N–H and O–H groups in total. The van der Waals surface area contributed by atoms with Crippen LogP contribution in [0, 0.1) is 12.8 Å². The van der Waals surface area contributed by atoms with E-state index >= 15 is 0 Å². The second kappa shape index (κ2) is 10.1. The number of aryl methyl sites for hydroxylation is 1. The number of H-pyrrole nitrogens is 1. The van der Waals surface area contributed by atoms with Crippen molar-refractivity contribution in [1.82, 2.24) is 30.1 Å². The van der Waals surface area contributed by atoms with Gasteiger partial charge in [-0.15, -0.1) is 5.10 Å². The molecule has 0 bridgehead atoms. The first-order valence-corrected chi connectivity index (χ1v) is 12.4. The Bertz CT molecular complexity index is 1340. The lowest BCUT2D eigenvalue weighted by atomic mass is 9.97. The molecule has 0 saturated heterocycles. The smallest absolute Gasteiger partial charge is 0.252 e. The molecule has 0 saturated carbocycles. The number of aromatic nitrogens is 5. The Morgan fingerprint density at radius 1 is 1.06 bits per heavy atom. The van der Waals surface area contributed by atoms with Crippen molar-refractivity contribution in [2.24, 2.45) is 5.92 Å². The summed E-state index contributed by atoms with van der Waals surface area (Å²) >= 11 is 0. The molecular formula is C28H36N6O. The van der Waals surface area contributed by atoms with Crippen LogP contribution in [0.2, 0.25) is 0 Å². The molecule has 7 nitrogen and oxygen atoms in total. The van der Waals surface area contributed by atoms with E-state index in [1.54, 1.807) is 0 Å². The van der Waals surface area contributed by atoms with Crippen LogP contribution in [0.1, 0.15) is 69.6 Å². The van der Waals surface area contributed by atoms with Crippen LogP contribution in [-0.2, 0) is 18.6 Å². The van der Waals surface area contributed by atoms with E-state index in [4.69, 9.17) is 0 Å². The van der Waals surface area contributed by atoms with Crippen LogP contribution in [-0.4, -0.2) is 30.1 Å². The van der Waals surface area contributed by atoms with Gasteiger partial charge in [-0.25, -0.2) is 4.68 Å². The van der Waals surface area contributed by atoms with Gasteiger partial charge in [0.25, 0.3) is 5.56 Å². The van der Waals surface area contributed by atoms with Crippen LogP contribution in [0.5, 0.6) is 0 Å². The zero-order chi connectivity index (χ0) is 25.2. The number of hydrogen-bond donors (Lipinski definition) is 1. The van der Waals surface area contributed by atoms with Crippen LogP contribution in [0.15, 0.2) is 59.4 Å². The lowest BCUT2D eigenvalue weighted by Crippen LogP contribution is -2.38. The Labute approximate surface area is 207 Å². The van der Waals surface area contributed by atoms with Gasteiger partial charge in [-0.2, -0.15) is 0 Å². The molecule has 2 aromatic heterocycles. The third kappa shape index (κ3) is 5.35. The normalized spacial score (nSPS) is 13.1. The number of pyridine rings is 1. The number of rotatable bonds is 9. The van der Waals surface area contributed by atoms with E-state index in [2.05, 4.69) is 84.3 Å². The molecular weight excluding hydrogens is 436 g/mol. The number of aromatic amines is 1. The first kappa shape index (κ1) is 24.8. The fraction of sp³-hybridized carbons (Fsp3) is 0.429. The van der Waals surface area contributed by atoms with Crippen molar-refractivity contribution in [3.05, 3.63) is 87.5 Å². The maximum atomic E-state index is 13.2.